The highest BCUT2D eigenvalue weighted by atomic mass is 16.3. The average molecular weight is 200 g/mol. The molecule has 0 saturated heterocycles. The molecule has 1 aromatic carbocycles. The van der Waals surface area contributed by atoms with E-state index in [1.165, 1.54) is 10.9 Å². The Morgan fingerprint density at radius 3 is 2.87 bits per heavy atom. The Bertz CT molecular complexity index is 552. The standard InChI is InChI=1S/C13H12O2/c1-2-3-11-10-5-7-14-12(10)8-9-4-6-15-13(9)11/h4-8H,2-3H2,1H3. The highest BCUT2D eigenvalue weighted by Gasteiger charge is 2.11. The van der Waals surface area contributed by atoms with Crippen LogP contribution in [0.4, 0.5) is 0 Å². The van der Waals surface area contributed by atoms with E-state index >= 15 is 0 Å². The Morgan fingerprint density at radius 1 is 1.13 bits per heavy atom. The van der Waals surface area contributed by atoms with Crippen LogP contribution in [0.15, 0.2) is 39.6 Å². The number of fused-ring (bicyclic) bond motifs is 2. The molecule has 0 unspecified atom stereocenters. The van der Waals surface area contributed by atoms with Crippen molar-refractivity contribution in [3.63, 3.8) is 0 Å². The zero-order chi connectivity index (χ0) is 10.3. The largest absolute Gasteiger partial charge is 0.464 e. The van der Waals surface area contributed by atoms with Crippen LogP contribution in [0.1, 0.15) is 18.9 Å². The van der Waals surface area contributed by atoms with Gasteiger partial charge in [-0.3, -0.25) is 0 Å². The third-order valence-corrected chi connectivity index (χ3v) is 2.78. The van der Waals surface area contributed by atoms with E-state index in [9.17, 15) is 0 Å². The zero-order valence-corrected chi connectivity index (χ0v) is 8.62. The number of benzene rings is 1. The van der Waals surface area contributed by atoms with Crippen molar-refractivity contribution < 1.29 is 8.83 Å². The van der Waals surface area contributed by atoms with Gasteiger partial charge in [0.05, 0.1) is 12.5 Å². The number of aryl methyl sites for hydroxylation is 1. The van der Waals surface area contributed by atoms with Gasteiger partial charge >= 0.3 is 0 Å². The van der Waals surface area contributed by atoms with Gasteiger partial charge in [-0.25, -0.2) is 0 Å². The molecule has 3 rings (SSSR count). The van der Waals surface area contributed by atoms with Crippen molar-refractivity contribution in [2.45, 2.75) is 19.8 Å². The van der Waals surface area contributed by atoms with E-state index in [0.29, 0.717) is 0 Å². The van der Waals surface area contributed by atoms with Gasteiger partial charge in [0.15, 0.2) is 0 Å². The van der Waals surface area contributed by atoms with Gasteiger partial charge in [0.2, 0.25) is 0 Å². The molecule has 0 N–H and O–H groups in total. The molecule has 2 nitrogen and oxygen atoms in total. The van der Waals surface area contributed by atoms with E-state index < -0.39 is 0 Å². The fourth-order valence-electron chi connectivity index (χ4n) is 2.12. The van der Waals surface area contributed by atoms with Gasteiger partial charge in [-0.05, 0) is 24.6 Å². The van der Waals surface area contributed by atoms with Crippen molar-refractivity contribution in [3.05, 3.63) is 36.3 Å². The summed E-state index contributed by atoms with van der Waals surface area (Å²) >= 11 is 0. The zero-order valence-electron chi connectivity index (χ0n) is 8.62. The maximum Gasteiger partial charge on any atom is 0.137 e. The SMILES string of the molecule is CCCc1c2ccoc2cc2ccoc12. The molecule has 0 aliphatic rings. The van der Waals surface area contributed by atoms with Gasteiger partial charge in [0.25, 0.3) is 0 Å². The second-order valence-corrected chi connectivity index (χ2v) is 3.78. The minimum absolute atomic E-state index is 0.951. The van der Waals surface area contributed by atoms with E-state index in [1.54, 1.807) is 12.5 Å². The fraction of sp³-hybridized carbons (Fsp3) is 0.231. The summed E-state index contributed by atoms with van der Waals surface area (Å²) in [5.41, 5.74) is 3.22. The molecule has 15 heavy (non-hydrogen) atoms. The quantitative estimate of drug-likeness (QED) is 0.621. The van der Waals surface area contributed by atoms with Crippen LogP contribution in [0.3, 0.4) is 0 Å². The van der Waals surface area contributed by atoms with Crippen molar-refractivity contribution in [3.8, 4) is 0 Å². The number of rotatable bonds is 2. The molecule has 0 atom stereocenters. The van der Waals surface area contributed by atoms with E-state index in [1.807, 2.05) is 18.2 Å². The maximum atomic E-state index is 5.54. The third kappa shape index (κ3) is 1.18. The molecule has 0 fully saturated rings. The molecule has 76 valence electrons. The van der Waals surface area contributed by atoms with Crippen molar-refractivity contribution in [1.82, 2.24) is 0 Å². The van der Waals surface area contributed by atoms with Crippen LogP contribution in [0, 0.1) is 0 Å². The summed E-state index contributed by atoms with van der Waals surface area (Å²) < 4.78 is 11.0. The van der Waals surface area contributed by atoms with E-state index in [-0.39, 0.29) is 0 Å². The lowest BCUT2D eigenvalue weighted by atomic mass is 10.0. The lowest BCUT2D eigenvalue weighted by Gasteiger charge is -2.01. The molecule has 0 aliphatic heterocycles. The Hall–Kier alpha value is -1.70. The van der Waals surface area contributed by atoms with Crippen LogP contribution in [-0.4, -0.2) is 0 Å². The van der Waals surface area contributed by atoms with E-state index in [2.05, 4.69) is 6.92 Å². The third-order valence-electron chi connectivity index (χ3n) is 2.78. The maximum absolute atomic E-state index is 5.54. The predicted octanol–water partition coefficient (Wildman–Crippen LogP) is 4.13. The molecule has 0 spiro atoms. The minimum atomic E-state index is 0.951. The number of hydrogen-bond donors (Lipinski definition) is 0. The van der Waals surface area contributed by atoms with Gasteiger partial charge in [-0.1, -0.05) is 13.3 Å². The monoisotopic (exact) mass is 200 g/mol. The van der Waals surface area contributed by atoms with Crippen molar-refractivity contribution in [1.29, 1.82) is 0 Å². The van der Waals surface area contributed by atoms with E-state index in [4.69, 9.17) is 8.83 Å². The Morgan fingerprint density at radius 2 is 2.00 bits per heavy atom. The molecule has 0 bridgehead atoms. The van der Waals surface area contributed by atoms with Crippen molar-refractivity contribution in [2.24, 2.45) is 0 Å². The second-order valence-electron chi connectivity index (χ2n) is 3.78. The first kappa shape index (κ1) is 8.60. The summed E-state index contributed by atoms with van der Waals surface area (Å²) in [6.07, 6.45) is 5.62. The van der Waals surface area contributed by atoms with Crippen LogP contribution in [0.25, 0.3) is 21.9 Å². The minimum Gasteiger partial charge on any atom is -0.464 e. The van der Waals surface area contributed by atoms with Crippen molar-refractivity contribution in [2.75, 3.05) is 0 Å². The Kier molecular flexibility index (Phi) is 1.81. The molecule has 0 aliphatic carbocycles. The molecular weight excluding hydrogens is 188 g/mol. The molecule has 0 saturated carbocycles. The van der Waals surface area contributed by atoms with Crippen molar-refractivity contribution >= 4 is 21.9 Å². The fourth-order valence-corrected chi connectivity index (χ4v) is 2.12. The van der Waals surface area contributed by atoms with Gasteiger partial charge < -0.3 is 8.83 Å². The molecule has 2 heteroatoms. The lowest BCUT2D eigenvalue weighted by molar-refractivity contribution is 0.608. The van der Waals surface area contributed by atoms with Gasteiger partial charge in [0, 0.05) is 16.3 Å². The molecular formula is C13H12O2. The first-order chi connectivity index (χ1) is 7.40. The first-order valence-corrected chi connectivity index (χ1v) is 5.26. The van der Waals surface area contributed by atoms with Gasteiger partial charge in [-0.2, -0.15) is 0 Å². The molecule has 0 radical (unpaired) electrons. The summed E-state index contributed by atoms with van der Waals surface area (Å²) in [6.45, 7) is 2.17. The summed E-state index contributed by atoms with van der Waals surface area (Å²) in [7, 11) is 0. The Labute approximate surface area is 87.5 Å². The highest BCUT2D eigenvalue weighted by molar-refractivity contribution is 5.97. The number of hydrogen-bond acceptors (Lipinski definition) is 2. The number of furan rings is 2. The topological polar surface area (TPSA) is 26.3 Å². The highest BCUT2D eigenvalue weighted by Crippen LogP contribution is 2.30. The molecule has 2 aromatic heterocycles. The lowest BCUT2D eigenvalue weighted by Crippen LogP contribution is -1.85. The van der Waals surface area contributed by atoms with Gasteiger partial charge in [-0.15, -0.1) is 0 Å². The second kappa shape index (κ2) is 3.16. The smallest absolute Gasteiger partial charge is 0.137 e. The van der Waals surface area contributed by atoms with Crippen LogP contribution in [-0.2, 0) is 6.42 Å². The predicted molar refractivity (Wildman–Crippen MR) is 60.0 cm³/mol. The summed E-state index contributed by atoms with van der Waals surface area (Å²) in [5.74, 6) is 0. The summed E-state index contributed by atoms with van der Waals surface area (Å²) in [5, 5.41) is 2.31. The molecule has 2 heterocycles. The first-order valence-electron chi connectivity index (χ1n) is 5.26. The normalized spacial score (nSPS) is 11.5. The summed E-state index contributed by atoms with van der Waals surface area (Å²) in [6, 6.07) is 6.03. The van der Waals surface area contributed by atoms with E-state index in [0.717, 1.165) is 29.4 Å². The average Bonchev–Trinajstić information content (AvgIpc) is 2.84. The van der Waals surface area contributed by atoms with Gasteiger partial charge in [0.1, 0.15) is 11.2 Å². The molecule has 3 aromatic rings. The Balaban J connectivity index is 2.45. The van der Waals surface area contributed by atoms with Crippen LogP contribution in [0.2, 0.25) is 0 Å². The van der Waals surface area contributed by atoms with Crippen LogP contribution in [0.5, 0.6) is 0 Å². The van der Waals surface area contributed by atoms with Crippen LogP contribution >= 0.6 is 0 Å². The summed E-state index contributed by atoms with van der Waals surface area (Å²) in [4.78, 5) is 0. The molecule has 0 amide bonds. The van der Waals surface area contributed by atoms with Crippen LogP contribution < -0.4 is 0 Å².